The Morgan fingerprint density at radius 3 is 0.813 bits per heavy atom. The van der Waals surface area contributed by atoms with Crippen molar-refractivity contribution >= 4 is 17.9 Å². The van der Waals surface area contributed by atoms with Crippen molar-refractivity contribution in [3.63, 3.8) is 0 Å². The lowest BCUT2D eigenvalue weighted by atomic mass is 10.0. The van der Waals surface area contributed by atoms with Crippen molar-refractivity contribution in [2.24, 2.45) is 0 Å². The third kappa shape index (κ3) is 61.6. The summed E-state index contributed by atoms with van der Waals surface area (Å²) in [6.45, 7) is 6.55. The molecule has 0 radical (unpaired) electrons. The normalized spacial score (nSPS) is 12.5. The number of allylic oxidation sites excluding steroid dienone is 12. The van der Waals surface area contributed by atoms with Gasteiger partial charge in [-0.25, -0.2) is 0 Å². The number of unbranched alkanes of at least 4 members (excludes halogenated alkanes) is 36. The molecule has 0 heterocycles. The second-order valence-corrected chi connectivity index (χ2v) is 21.7. The Hall–Kier alpha value is -3.15. The van der Waals surface area contributed by atoms with E-state index in [1.54, 1.807) is 0 Å². The molecule has 75 heavy (non-hydrogen) atoms. The zero-order valence-electron chi connectivity index (χ0n) is 49.8. The molecule has 0 aromatic carbocycles. The highest BCUT2D eigenvalue weighted by molar-refractivity contribution is 5.71. The number of hydrogen-bond donors (Lipinski definition) is 0. The molecule has 6 nitrogen and oxygen atoms in total. The molecule has 1 unspecified atom stereocenters. The van der Waals surface area contributed by atoms with Crippen LogP contribution in [0.2, 0.25) is 0 Å². The molecule has 434 valence electrons. The van der Waals surface area contributed by atoms with Crippen LogP contribution in [-0.2, 0) is 28.6 Å². The maximum atomic E-state index is 12.9. The van der Waals surface area contributed by atoms with Crippen LogP contribution in [0.4, 0.5) is 0 Å². The zero-order valence-corrected chi connectivity index (χ0v) is 49.8. The molecule has 0 aromatic heterocycles. The van der Waals surface area contributed by atoms with Gasteiger partial charge in [-0.15, -0.1) is 0 Å². The SMILES string of the molecule is CC/C=C\C/C=C\C/C=C\C/C=C\C/C=C\C/C=C\CCCCC(=O)OCC(COC(=O)CCCCCCCCCCCCCCCCCCC)OC(=O)CCCCCCCCCCCCCCCCCCCCC. The monoisotopic (exact) mass is 1050 g/mol. The maximum absolute atomic E-state index is 12.9. The van der Waals surface area contributed by atoms with Crippen LogP contribution in [-0.4, -0.2) is 37.2 Å². The molecular weight excluding hydrogens is 925 g/mol. The third-order valence-electron chi connectivity index (χ3n) is 14.2. The van der Waals surface area contributed by atoms with Crippen molar-refractivity contribution in [2.45, 2.75) is 335 Å². The molecule has 1 atom stereocenters. The minimum atomic E-state index is -0.792. The summed E-state index contributed by atoms with van der Waals surface area (Å²) in [5.74, 6) is -0.910. The van der Waals surface area contributed by atoms with Crippen molar-refractivity contribution in [3.8, 4) is 0 Å². The van der Waals surface area contributed by atoms with E-state index in [0.717, 1.165) is 96.3 Å². The van der Waals surface area contributed by atoms with Crippen LogP contribution in [0.1, 0.15) is 329 Å². The van der Waals surface area contributed by atoms with Crippen molar-refractivity contribution < 1.29 is 28.6 Å². The van der Waals surface area contributed by atoms with Crippen molar-refractivity contribution in [1.82, 2.24) is 0 Å². The van der Waals surface area contributed by atoms with Gasteiger partial charge in [0, 0.05) is 19.3 Å². The van der Waals surface area contributed by atoms with Gasteiger partial charge < -0.3 is 14.2 Å². The van der Waals surface area contributed by atoms with Gasteiger partial charge in [0.25, 0.3) is 0 Å². The predicted octanol–water partition coefficient (Wildman–Crippen LogP) is 22.1. The average Bonchev–Trinajstić information content (AvgIpc) is 3.41. The fourth-order valence-electron chi connectivity index (χ4n) is 9.39. The lowest BCUT2D eigenvalue weighted by Gasteiger charge is -2.18. The van der Waals surface area contributed by atoms with E-state index in [1.165, 1.54) is 193 Å². The molecule has 0 amide bonds. The second-order valence-electron chi connectivity index (χ2n) is 21.7. The molecule has 0 aliphatic heterocycles. The summed E-state index contributed by atoms with van der Waals surface area (Å²) in [5.41, 5.74) is 0. The molecule has 0 aliphatic carbocycles. The summed E-state index contributed by atoms with van der Waals surface area (Å²) >= 11 is 0. The number of carbonyl (C=O) groups is 3. The van der Waals surface area contributed by atoms with Crippen LogP contribution >= 0.6 is 0 Å². The Balaban J connectivity index is 4.42. The van der Waals surface area contributed by atoms with Gasteiger partial charge in [0.1, 0.15) is 13.2 Å². The van der Waals surface area contributed by atoms with Crippen LogP contribution in [0.25, 0.3) is 0 Å². The van der Waals surface area contributed by atoms with Gasteiger partial charge in [-0.3, -0.25) is 14.4 Å². The van der Waals surface area contributed by atoms with Gasteiger partial charge in [-0.05, 0) is 70.6 Å². The van der Waals surface area contributed by atoms with E-state index in [1.807, 2.05) is 0 Å². The number of carbonyl (C=O) groups excluding carboxylic acids is 3. The Morgan fingerprint density at radius 1 is 0.280 bits per heavy atom. The zero-order chi connectivity index (χ0) is 54.3. The summed E-state index contributed by atoms with van der Waals surface area (Å²) in [7, 11) is 0. The number of ether oxygens (including phenoxy) is 3. The fourth-order valence-corrected chi connectivity index (χ4v) is 9.39. The minimum absolute atomic E-state index is 0.0846. The molecule has 0 fully saturated rings. The van der Waals surface area contributed by atoms with Gasteiger partial charge in [0.2, 0.25) is 0 Å². The molecule has 0 N–H and O–H groups in total. The van der Waals surface area contributed by atoms with Crippen LogP contribution in [0, 0.1) is 0 Å². The molecule has 0 saturated heterocycles. The fraction of sp³-hybridized carbons (Fsp3) is 0.783. The van der Waals surface area contributed by atoms with E-state index in [9.17, 15) is 14.4 Å². The lowest BCUT2D eigenvalue weighted by Crippen LogP contribution is -2.30. The topological polar surface area (TPSA) is 78.9 Å². The van der Waals surface area contributed by atoms with Crippen molar-refractivity contribution in [1.29, 1.82) is 0 Å². The van der Waals surface area contributed by atoms with Crippen LogP contribution in [0.3, 0.4) is 0 Å². The summed E-state index contributed by atoms with van der Waals surface area (Å²) < 4.78 is 16.9. The van der Waals surface area contributed by atoms with E-state index >= 15 is 0 Å². The molecule has 0 spiro atoms. The summed E-state index contributed by atoms with van der Waals surface area (Å²) in [6, 6.07) is 0. The number of hydrogen-bond acceptors (Lipinski definition) is 6. The first-order valence-corrected chi connectivity index (χ1v) is 32.4. The Kier molecular flexibility index (Phi) is 60.7. The van der Waals surface area contributed by atoms with E-state index < -0.39 is 6.10 Å². The molecular formula is C69H122O6. The Labute approximate surface area is 465 Å². The Bertz CT molecular complexity index is 1390. The standard InChI is InChI=1S/C69H122O6/c1-4-7-10-13-16-19-22-25-28-31-33-34-36-38-41-44-47-50-53-56-59-62-68(71)74-65-66(64-73-67(70)61-58-55-52-49-46-43-40-37-30-27-24-21-18-15-12-9-6-3)75-69(72)63-60-57-54-51-48-45-42-39-35-32-29-26-23-20-17-14-11-8-5-2/h7,10,16,19,25,28,33-34,38,41,47,50,66H,4-6,8-9,11-15,17-18,20-24,26-27,29-32,35-37,39-40,42-46,48-49,51-65H2,1-3H3/b10-7-,19-16-,28-25-,34-33-,41-38-,50-47-. The molecule has 0 aliphatic rings. The molecule has 0 saturated carbocycles. The molecule has 0 bridgehead atoms. The van der Waals surface area contributed by atoms with Crippen molar-refractivity contribution in [3.05, 3.63) is 72.9 Å². The quantitative estimate of drug-likeness (QED) is 0.0261. The predicted molar refractivity (Wildman–Crippen MR) is 325 cm³/mol. The van der Waals surface area contributed by atoms with E-state index in [2.05, 4.69) is 93.7 Å². The first kappa shape index (κ1) is 71.8. The lowest BCUT2D eigenvalue weighted by molar-refractivity contribution is -0.167. The van der Waals surface area contributed by atoms with Crippen molar-refractivity contribution in [2.75, 3.05) is 13.2 Å². The maximum Gasteiger partial charge on any atom is 0.306 e. The van der Waals surface area contributed by atoms with Crippen LogP contribution in [0.5, 0.6) is 0 Å². The first-order chi connectivity index (χ1) is 37.0. The van der Waals surface area contributed by atoms with E-state index in [0.29, 0.717) is 19.3 Å². The van der Waals surface area contributed by atoms with Gasteiger partial charge in [0.05, 0.1) is 0 Å². The Morgan fingerprint density at radius 2 is 0.520 bits per heavy atom. The van der Waals surface area contributed by atoms with Gasteiger partial charge in [-0.1, -0.05) is 312 Å². The summed E-state index contributed by atoms with van der Waals surface area (Å²) in [5, 5.41) is 0. The van der Waals surface area contributed by atoms with Crippen LogP contribution < -0.4 is 0 Å². The van der Waals surface area contributed by atoms with Crippen LogP contribution in [0.15, 0.2) is 72.9 Å². The highest BCUT2D eigenvalue weighted by Crippen LogP contribution is 2.17. The average molecular weight is 1050 g/mol. The summed E-state index contributed by atoms with van der Waals surface area (Å²) in [4.78, 5) is 38.3. The largest absolute Gasteiger partial charge is 0.462 e. The van der Waals surface area contributed by atoms with E-state index in [-0.39, 0.29) is 31.1 Å². The molecule has 6 heteroatoms. The minimum Gasteiger partial charge on any atom is -0.462 e. The molecule has 0 aromatic rings. The number of esters is 3. The number of rotatable bonds is 59. The smallest absolute Gasteiger partial charge is 0.306 e. The third-order valence-corrected chi connectivity index (χ3v) is 14.2. The van der Waals surface area contributed by atoms with Gasteiger partial charge in [-0.2, -0.15) is 0 Å². The second kappa shape index (κ2) is 63.4. The van der Waals surface area contributed by atoms with E-state index in [4.69, 9.17) is 14.2 Å². The summed E-state index contributed by atoms with van der Waals surface area (Å²) in [6.07, 6.45) is 81.9. The van der Waals surface area contributed by atoms with Gasteiger partial charge in [0.15, 0.2) is 6.10 Å². The van der Waals surface area contributed by atoms with Gasteiger partial charge >= 0.3 is 17.9 Å². The highest BCUT2D eigenvalue weighted by Gasteiger charge is 2.19. The molecule has 0 rings (SSSR count). The highest BCUT2D eigenvalue weighted by atomic mass is 16.6. The first-order valence-electron chi connectivity index (χ1n) is 32.4.